The molecule has 0 saturated heterocycles. The second kappa shape index (κ2) is 4.94. The molecular weight excluding hydrogens is 170 g/mol. The molecule has 1 unspecified atom stereocenters. The summed E-state index contributed by atoms with van der Waals surface area (Å²) in [5.41, 5.74) is 5.52. The van der Waals surface area contributed by atoms with E-state index in [9.17, 15) is 0 Å². The third kappa shape index (κ3) is 2.50. The van der Waals surface area contributed by atoms with Crippen LogP contribution in [0, 0.1) is 0 Å². The molecule has 0 amide bonds. The number of aromatic nitrogens is 2. The highest BCUT2D eigenvalue weighted by atomic mass is 16.5. The maximum Gasteiger partial charge on any atom is 0.231 e. The summed E-state index contributed by atoms with van der Waals surface area (Å²) in [5, 5.41) is 12.4. The molecule has 1 aromatic rings. The van der Waals surface area contributed by atoms with Crippen molar-refractivity contribution in [3.63, 3.8) is 0 Å². The minimum absolute atomic E-state index is 0.0401. The van der Waals surface area contributed by atoms with Crippen LogP contribution in [0.3, 0.4) is 0 Å². The molecule has 0 aromatic carbocycles. The van der Waals surface area contributed by atoms with Crippen molar-refractivity contribution in [2.45, 2.75) is 25.7 Å². The van der Waals surface area contributed by atoms with Gasteiger partial charge in [-0.05, 0) is 6.42 Å². The van der Waals surface area contributed by atoms with E-state index in [0.29, 0.717) is 24.7 Å². The quantitative estimate of drug-likeness (QED) is 0.677. The molecule has 0 fully saturated rings. The molecule has 3 N–H and O–H groups in total. The summed E-state index contributed by atoms with van der Waals surface area (Å²) in [4.78, 5) is 4.12. The molecule has 0 aliphatic carbocycles. The van der Waals surface area contributed by atoms with Crippen molar-refractivity contribution in [2.75, 3.05) is 13.2 Å². The van der Waals surface area contributed by atoms with E-state index in [1.807, 2.05) is 6.92 Å². The monoisotopic (exact) mass is 185 g/mol. The predicted molar refractivity (Wildman–Crippen MR) is 47.2 cm³/mol. The van der Waals surface area contributed by atoms with Gasteiger partial charge in [-0.3, -0.25) is 0 Å². The van der Waals surface area contributed by atoms with E-state index in [1.165, 1.54) is 0 Å². The molecule has 1 rings (SSSR count). The summed E-state index contributed by atoms with van der Waals surface area (Å²) in [6.45, 7) is 2.57. The van der Waals surface area contributed by atoms with Crippen molar-refractivity contribution in [2.24, 2.45) is 5.73 Å². The van der Waals surface area contributed by atoms with Crippen LogP contribution in [0.1, 0.15) is 31.0 Å². The minimum Gasteiger partial charge on any atom is -0.396 e. The Balaban J connectivity index is 2.66. The Hall–Kier alpha value is -0.940. The van der Waals surface area contributed by atoms with Crippen molar-refractivity contribution in [1.82, 2.24) is 10.1 Å². The second-order valence-electron chi connectivity index (χ2n) is 2.86. The molecule has 5 heteroatoms. The van der Waals surface area contributed by atoms with Gasteiger partial charge in [0, 0.05) is 13.0 Å². The van der Waals surface area contributed by atoms with Crippen LogP contribution in [0.25, 0.3) is 0 Å². The van der Waals surface area contributed by atoms with Crippen LogP contribution < -0.4 is 5.73 Å². The normalized spacial score (nSPS) is 13.2. The molecule has 13 heavy (non-hydrogen) atoms. The third-order valence-electron chi connectivity index (χ3n) is 1.95. The van der Waals surface area contributed by atoms with Crippen LogP contribution in [0.15, 0.2) is 4.52 Å². The minimum atomic E-state index is 0.0401. The first kappa shape index (κ1) is 10.1. The zero-order chi connectivity index (χ0) is 9.68. The summed E-state index contributed by atoms with van der Waals surface area (Å²) >= 11 is 0. The Bertz CT molecular complexity index is 245. The average molecular weight is 185 g/mol. The number of nitrogens with two attached hydrogens (primary N) is 1. The summed E-state index contributed by atoms with van der Waals surface area (Å²) < 4.78 is 5.01. The topological polar surface area (TPSA) is 85.2 Å². The predicted octanol–water partition coefficient (Wildman–Crippen LogP) is 0.0567. The number of nitrogens with zero attached hydrogens (tertiary/aromatic N) is 2. The third-order valence-corrected chi connectivity index (χ3v) is 1.95. The first-order valence-corrected chi connectivity index (χ1v) is 4.45. The van der Waals surface area contributed by atoms with E-state index < -0.39 is 0 Å². The Morgan fingerprint density at radius 3 is 2.92 bits per heavy atom. The summed E-state index contributed by atoms with van der Waals surface area (Å²) in [5.74, 6) is 1.26. The first-order valence-electron chi connectivity index (χ1n) is 4.45. The van der Waals surface area contributed by atoms with Crippen molar-refractivity contribution in [1.29, 1.82) is 0 Å². The molecule has 0 radical (unpaired) electrons. The lowest BCUT2D eigenvalue weighted by Gasteiger charge is -2.03. The molecule has 74 valence electrons. The van der Waals surface area contributed by atoms with Gasteiger partial charge in [0.05, 0.1) is 12.5 Å². The Morgan fingerprint density at radius 1 is 1.62 bits per heavy atom. The van der Waals surface area contributed by atoms with Gasteiger partial charge in [-0.2, -0.15) is 4.98 Å². The maximum absolute atomic E-state index is 8.64. The molecule has 0 bridgehead atoms. The van der Waals surface area contributed by atoms with Gasteiger partial charge in [-0.25, -0.2) is 0 Å². The highest BCUT2D eigenvalue weighted by Crippen LogP contribution is 2.15. The molecule has 0 aliphatic rings. The lowest BCUT2D eigenvalue weighted by Crippen LogP contribution is -2.11. The van der Waals surface area contributed by atoms with E-state index >= 15 is 0 Å². The van der Waals surface area contributed by atoms with Gasteiger partial charge in [0.25, 0.3) is 0 Å². The van der Waals surface area contributed by atoms with Gasteiger partial charge in [0.15, 0.2) is 5.82 Å². The zero-order valence-corrected chi connectivity index (χ0v) is 7.73. The van der Waals surface area contributed by atoms with Gasteiger partial charge >= 0.3 is 0 Å². The summed E-state index contributed by atoms with van der Waals surface area (Å²) in [7, 11) is 0. The second-order valence-corrected chi connectivity index (χ2v) is 2.86. The van der Waals surface area contributed by atoms with E-state index in [-0.39, 0.29) is 12.5 Å². The lowest BCUT2D eigenvalue weighted by molar-refractivity contribution is 0.292. The first-order chi connectivity index (χ1) is 6.31. The highest BCUT2D eigenvalue weighted by molar-refractivity contribution is 4.94. The van der Waals surface area contributed by atoms with E-state index in [0.717, 1.165) is 6.42 Å². The van der Waals surface area contributed by atoms with Crippen LogP contribution >= 0.6 is 0 Å². The fourth-order valence-electron chi connectivity index (χ4n) is 1.08. The van der Waals surface area contributed by atoms with Gasteiger partial charge in [-0.15, -0.1) is 0 Å². The highest BCUT2D eigenvalue weighted by Gasteiger charge is 2.14. The van der Waals surface area contributed by atoms with Gasteiger partial charge in [0.1, 0.15) is 0 Å². The molecule has 0 spiro atoms. The molecule has 1 atom stereocenters. The number of rotatable bonds is 5. The number of aliphatic hydroxyl groups excluding tert-OH is 1. The summed E-state index contributed by atoms with van der Waals surface area (Å²) in [6.07, 6.45) is 1.32. The maximum atomic E-state index is 8.64. The van der Waals surface area contributed by atoms with Crippen LogP contribution in [-0.4, -0.2) is 28.4 Å². The molecule has 1 heterocycles. The molecule has 0 aliphatic heterocycles. The Kier molecular flexibility index (Phi) is 3.85. The van der Waals surface area contributed by atoms with Crippen molar-refractivity contribution in [3.05, 3.63) is 11.7 Å². The van der Waals surface area contributed by atoms with Crippen molar-refractivity contribution in [3.8, 4) is 0 Å². The largest absolute Gasteiger partial charge is 0.396 e. The van der Waals surface area contributed by atoms with E-state index in [1.54, 1.807) is 0 Å². The molecule has 0 saturated carbocycles. The fraction of sp³-hybridized carbons (Fsp3) is 0.750. The standard InChI is InChI=1S/C8H15N3O2/c1-2-6(5-9)8-10-7(3-4-12)11-13-8/h6,12H,2-5,9H2,1H3. The molecule has 1 aromatic heterocycles. The van der Waals surface area contributed by atoms with Gasteiger partial charge < -0.3 is 15.4 Å². The SMILES string of the molecule is CCC(CN)c1nc(CCO)no1. The van der Waals surface area contributed by atoms with Crippen LogP contribution in [0.4, 0.5) is 0 Å². The van der Waals surface area contributed by atoms with Crippen molar-refractivity contribution >= 4 is 0 Å². The van der Waals surface area contributed by atoms with E-state index in [4.69, 9.17) is 15.4 Å². The number of hydrogen-bond donors (Lipinski definition) is 2. The van der Waals surface area contributed by atoms with Gasteiger partial charge in [0.2, 0.25) is 5.89 Å². The summed E-state index contributed by atoms with van der Waals surface area (Å²) in [6, 6.07) is 0. The fourth-order valence-corrected chi connectivity index (χ4v) is 1.08. The zero-order valence-electron chi connectivity index (χ0n) is 7.73. The molecule has 5 nitrogen and oxygen atoms in total. The lowest BCUT2D eigenvalue weighted by atomic mass is 10.1. The Morgan fingerprint density at radius 2 is 2.38 bits per heavy atom. The van der Waals surface area contributed by atoms with Crippen LogP contribution in [0.2, 0.25) is 0 Å². The molecular formula is C8H15N3O2. The number of aliphatic hydroxyl groups is 1. The Labute approximate surface area is 76.9 Å². The average Bonchev–Trinajstić information content (AvgIpc) is 2.56. The smallest absolute Gasteiger partial charge is 0.231 e. The van der Waals surface area contributed by atoms with Crippen molar-refractivity contribution < 1.29 is 9.63 Å². The van der Waals surface area contributed by atoms with E-state index in [2.05, 4.69) is 10.1 Å². The van der Waals surface area contributed by atoms with Crippen LogP contribution in [-0.2, 0) is 6.42 Å². The van der Waals surface area contributed by atoms with Crippen LogP contribution in [0.5, 0.6) is 0 Å². The number of hydrogen-bond acceptors (Lipinski definition) is 5. The van der Waals surface area contributed by atoms with Gasteiger partial charge in [-0.1, -0.05) is 12.1 Å².